The molecule has 1 rings (SSSR count). The Morgan fingerprint density at radius 3 is 2.29 bits per heavy atom. The van der Waals surface area contributed by atoms with Gasteiger partial charge in [-0.15, -0.1) is 0 Å². The molecular formula is C20H32O. The average molecular weight is 288 g/mol. The van der Waals surface area contributed by atoms with Gasteiger partial charge in [0.15, 0.2) is 0 Å². The minimum atomic E-state index is 0.156. The van der Waals surface area contributed by atoms with E-state index in [-0.39, 0.29) is 10.8 Å². The number of allylic oxidation sites excluding steroid dienone is 1. The van der Waals surface area contributed by atoms with Crippen LogP contribution in [0.25, 0.3) is 0 Å². The molecule has 1 aromatic rings. The van der Waals surface area contributed by atoms with Crippen molar-refractivity contribution in [1.82, 2.24) is 0 Å². The number of hydrogen-bond donors (Lipinski definition) is 0. The number of hydrogen-bond acceptors (Lipinski definition) is 1. The Morgan fingerprint density at radius 1 is 1.10 bits per heavy atom. The van der Waals surface area contributed by atoms with Crippen molar-refractivity contribution in [3.05, 3.63) is 41.5 Å². The number of rotatable bonds is 6. The second-order valence-electron chi connectivity index (χ2n) is 7.83. The van der Waals surface area contributed by atoms with Crippen molar-refractivity contribution >= 4 is 0 Å². The first kappa shape index (κ1) is 17.8. The molecule has 118 valence electrons. The Morgan fingerprint density at radius 2 is 1.71 bits per heavy atom. The lowest BCUT2D eigenvalue weighted by Gasteiger charge is -2.36. The topological polar surface area (TPSA) is 9.23 Å². The molecule has 0 atom stereocenters. The van der Waals surface area contributed by atoms with E-state index in [1.807, 2.05) is 0 Å². The number of benzene rings is 1. The van der Waals surface area contributed by atoms with Crippen LogP contribution in [0.15, 0.2) is 30.4 Å². The van der Waals surface area contributed by atoms with Gasteiger partial charge in [0.2, 0.25) is 0 Å². The first-order chi connectivity index (χ1) is 9.54. The van der Waals surface area contributed by atoms with E-state index in [2.05, 4.69) is 73.2 Å². The maximum atomic E-state index is 5.95. The van der Waals surface area contributed by atoms with E-state index in [1.165, 1.54) is 16.7 Å². The predicted molar refractivity (Wildman–Crippen MR) is 93.0 cm³/mol. The molecular weight excluding hydrogens is 256 g/mol. The molecule has 0 aliphatic rings. The van der Waals surface area contributed by atoms with Gasteiger partial charge in [0.05, 0.1) is 6.61 Å². The van der Waals surface area contributed by atoms with Gasteiger partial charge in [-0.25, -0.2) is 0 Å². The maximum absolute atomic E-state index is 5.95. The quantitative estimate of drug-likeness (QED) is 0.454. The molecule has 1 nitrogen and oxygen atoms in total. The summed E-state index contributed by atoms with van der Waals surface area (Å²) in [6, 6.07) is 6.36. The fourth-order valence-electron chi connectivity index (χ4n) is 2.73. The minimum Gasteiger partial charge on any atom is -0.493 e. The van der Waals surface area contributed by atoms with Crippen molar-refractivity contribution in [3.63, 3.8) is 0 Å². The lowest BCUT2D eigenvalue weighted by Crippen LogP contribution is -2.24. The molecule has 0 amide bonds. The fraction of sp³-hybridized carbons (Fsp3) is 0.600. The summed E-state index contributed by atoms with van der Waals surface area (Å²) in [5, 5.41) is 0. The fourth-order valence-corrected chi connectivity index (χ4v) is 2.73. The van der Waals surface area contributed by atoms with E-state index < -0.39 is 0 Å². The summed E-state index contributed by atoms with van der Waals surface area (Å²) in [6.45, 7) is 20.6. The molecule has 0 radical (unpaired) electrons. The van der Waals surface area contributed by atoms with E-state index in [0.29, 0.717) is 0 Å². The molecule has 0 bridgehead atoms. The molecule has 1 aromatic carbocycles. The van der Waals surface area contributed by atoms with Gasteiger partial charge in [0.25, 0.3) is 0 Å². The standard InChI is InChI=1S/C20H32O/c1-15-10-11-16(2)18(14-15)21-13-9-12-20(7,8)17(3)19(4,5)6/h10-11,14H,3,9,12-13H2,1-2,4-8H3. The molecule has 0 aliphatic carbocycles. The van der Waals surface area contributed by atoms with Gasteiger partial charge in [0.1, 0.15) is 5.75 Å². The second-order valence-corrected chi connectivity index (χ2v) is 7.83. The van der Waals surface area contributed by atoms with Crippen LogP contribution >= 0.6 is 0 Å². The summed E-state index contributed by atoms with van der Waals surface area (Å²) in [6.07, 6.45) is 2.16. The molecule has 1 heteroatoms. The Hall–Kier alpha value is -1.24. The van der Waals surface area contributed by atoms with Crippen LogP contribution in [0.1, 0.15) is 58.6 Å². The van der Waals surface area contributed by atoms with E-state index in [4.69, 9.17) is 4.74 Å². The highest BCUT2D eigenvalue weighted by molar-refractivity contribution is 5.35. The Kier molecular flexibility index (Phi) is 5.67. The Balaban J connectivity index is 2.50. The summed E-state index contributed by atoms with van der Waals surface area (Å²) in [5.41, 5.74) is 4.10. The van der Waals surface area contributed by atoms with Gasteiger partial charge in [-0.1, -0.05) is 58.9 Å². The van der Waals surface area contributed by atoms with Gasteiger partial charge < -0.3 is 4.74 Å². The number of aryl methyl sites for hydroxylation is 2. The van der Waals surface area contributed by atoms with Gasteiger partial charge in [-0.3, -0.25) is 0 Å². The van der Waals surface area contributed by atoms with Crippen LogP contribution in [0, 0.1) is 24.7 Å². The predicted octanol–water partition coefficient (Wildman–Crippen LogP) is 6.09. The lowest BCUT2D eigenvalue weighted by atomic mass is 9.70. The van der Waals surface area contributed by atoms with E-state index in [1.54, 1.807) is 0 Å². The van der Waals surface area contributed by atoms with Crippen LogP contribution in [-0.2, 0) is 0 Å². The van der Waals surface area contributed by atoms with Gasteiger partial charge in [0, 0.05) is 0 Å². The largest absolute Gasteiger partial charge is 0.493 e. The summed E-state index contributed by atoms with van der Waals surface area (Å²) < 4.78 is 5.95. The summed E-state index contributed by atoms with van der Waals surface area (Å²) >= 11 is 0. The van der Waals surface area contributed by atoms with Crippen LogP contribution in [0.5, 0.6) is 5.75 Å². The molecule has 0 saturated heterocycles. The highest BCUT2D eigenvalue weighted by atomic mass is 16.5. The molecule has 21 heavy (non-hydrogen) atoms. The molecule has 0 heterocycles. The highest BCUT2D eigenvalue weighted by Gasteiger charge is 2.29. The minimum absolute atomic E-state index is 0.156. The van der Waals surface area contributed by atoms with Gasteiger partial charge in [-0.05, 0) is 54.7 Å². The summed E-state index contributed by atoms with van der Waals surface area (Å²) in [5.74, 6) is 1.02. The molecule has 0 N–H and O–H groups in total. The first-order valence-electron chi connectivity index (χ1n) is 7.94. The summed E-state index contributed by atoms with van der Waals surface area (Å²) in [7, 11) is 0. The van der Waals surface area contributed by atoms with E-state index >= 15 is 0 Å². The maximum Gasteiger partial charge on any atom is 0.122 e. The molecule has 0 fully saturated rings. The molecule has 0 aliphatic heterocycles. The molecule has 0 aromatic heterocycles. The van der Waals surface area contributed by atoms with Crippen LogP contribution in [0.2, 0.25) is 0 Å². The molecule has 0 saturated carbocycles. The summed E-state index contributed by atoms with van der Waals surface area (Å²) in [4.78, 5) is 0. The SMILES string of the molecule is C=C(C(C)(C)C)C(C)(C)CCCOc1cc(C)ccc1C. The average Bonchev–Trinajstić information content (AvgIpc) is 2.36. The van der Waals surface area contributed by atoms with Gasteiger partial charge in [-0.2, -0.15) is 0 Å². The van der Waals surface area contributed by atoms with Crippen LogP contribution in [0.3, 0.4) is 0 Å². The van der Waals surface area contributed by atoms with Crippen LogP contribution in [-0.4, -0.2) is 6.61 Å². The zero-order valence-corrected chi connectivity index (χ0v) is 15.0. The van der Waals surface area contributed by atoms with Crippen molar-refractivity contribution in [2.75, 3.05) is 6.61 Å². The monoisotopic (exact) mass is 288 g/mol. The lowest BCUT2D eigenvalue weighted by molar-refractivity contribution is 0.256. The molecule has 0 unspecified atom stereocenters. The van der Waals surface area contributed by atoms with E-state index in [0.717, 1.165) is 25.2 Å². The van der Waals surface area contributed by atoms with Gasteiger partial charge >= 0.3 is 0 Å². The zero-order chi connectivity index (χ0) is 16.3. The zero-order valence-electron chi connectivity index (χ0n) is 15.0. The Bertz CT molecular complexity index is 489. The highest BCUT2D eigenvalue weighted by Crippen LogP contribution is 2.41. The number of ether oxygens (including phenoxy) is 1. The van der Waals surface area contributed by atoms with Crippen LogP contribution in [0.4, 0.5) is 0 Å². The van der Waals surface area contributed by atoms with Crippen molar-refractivity contribution < 1.29 is 4.74 Å². The third-order valence-corrected chi connectivity index (χ3v) is 4.27. The van der Waals surface area contributed by atoms with E-state index in [9.17, 15) is 0 Å². The van der Waals surface area contributed by atoms with Crippen molar-refractivity contribution in [2.24, 2.45) is 10.8 Å². The third kappa shape index (κ3) is 5.22. The Labute approximate surface area is 131 Å². The smallest absolute Gasteiger partial charge is 0.122 e. The van der Waals surface area contributed by atoms with Crippen molar-refractivity contribution in [3.8, 4) is 5.75 Å². The van der Waals surface area contributed by atoms with Crippen molar-refractivity contribution in [2.45, 2.75) is 61.3 Å². The third-order valence-electron chi connectivity index (χ3n) is 4.27. The van der Waals surface area contributed by atoms with Crippen LogP contribution < -0.4 is 4.74 Å². The first-order valence-corrected chi connectivity index (χ1v) is 7.94. The normalized spacial score (nSPS) is 12.3. The molecule has 0 spiro atoms. The second kappa shape index (κ2) is 6.68. The van der Waals surface area contributed by atoms with Crippen molar-refractivity contribution in [1.29, 1.82) is 0 Å².